The van der Waals surface area contributed by atoms with E-state index < -0.39 is 5.91 Å². The molecule has 1 unspecified atom stereocenters. The minimum atomic E-state index is -0.494. The van der Waals surface area contributed by atoms with E-state index in [1.54, 1.807) is 17.6 Å². The highest BCUT2D eigenvalue weighted by molar-refractivity contribution is 5.93. The SMILES string of the molecule is Cc1cc(C)n(C(c2ccc(C(=O)NO)cc2)C(C)(C)C)c1. The van der Waals surface area contributed by atoms with Crippen LogP contribution in [0.2, 0.25) is 0 Å². The molecule has 0 radical (unpaired) electrons. The van der Waals surface area contributed by atoms with Gasteiger partial charge in [-0.2, -0.15) is 0 Å². The van der Waals surface area contributed by atoms with Crippen LogP contribution in [0.1, 0.15) is 54.0 Å². The van der Waals surface area contributed by atoms with Gasteiger partial charge in [-0.25, -0.2) is 5.48 Å². The lowest BCUT2D eigenvalue weighted by molar-refractivity contribution is 0.0706. The summed E-state index contributed by atoms with van der Waals surface area (Å²) in [6.45, 7) is 10.8. The van der Waals surface area contributed by atoms with Crippen LogP contribution in [0.15, 0.2) is 36.5 Å². The van der Waals surface area contributed by atoms with Crippen molar-refractivity contribution in [1.82, 2.24) is 10.0 Å². The second-order valence-corrected chi connectivity index (χ2v) is 6.90. The molecule has 1 aromatic carbocycles. The highest BCUT2D eigenvalue weighted by Crippen LogP contribution is 2.37. The van der Waals surface area contributed by atoms with Gasteiger partial charge in [0.05, 0.1) is 6.04 Å². The Labute approximate surface area is 131 Å². The lowest BCUT2D eigenvalue weighted by Crippen LogP contribution is -2.26. The van der Waals surface area contributed by atoms with Crippen molar-refractivity contribution in [2.24, 2.45) is 5.41 Å². The molecule has 1 heterocycles. The number of benzene rings is 1. The molecule has 1 amide bonds. The molecule has 1 atom stereocenters. The van der Waals surface area contributed by atoms with Gasteiger partial charge in [0.2, 0.25) is 0 Å². The van der Waals surface area contributed by atoms with Crippen molar-refractivity contribution in [2.75, 3.05) is 0 Å². The summed E-state index contributed by atoms with van der Waals surface area (Å²) < 4.78 is 2.29. The van der Waals surface area contributed by atoms with Gasteiger partial charge < -0.3 is 4.57 Å². The highest BCUT2D eigenvalue weighted by Gasteiger charge is 2.28. The topological polar surface area (TPSA) is 54.3 Å². The Morgan fingerprint density at radius 3 is 2.18 bits per heavy atom. The first-order valence-corrected chi connectivity index (χ1v) is 7.43. The molecule has 2 aromatic rings. The van der Waals surface area contributed by atoms with Gasteiger partial charge in [-0.1, -0.05) is 32.9 Å². The Hall–Kier alpha value is -2.07. The minimum Gasteiger partial charge on any atom is -0.344 e. The number of nitrogens with zero attached hydrogens (tertiary/aromatic N) is 1. The Bertz CT molecular complexity index is 663. The van der Waals surface area contributed by atoms with E-state index in [9.17, 15) is 4.79 Å². The first-order valence-electron chi connectivity index (χ1n) is 7.43. The molecule has 118 valence electrons. The molecule has 0 aliphatic rings. The zero-order valence-electron chi connectivity index (χ0n) is 13.8. The van der Waals surface area contributed by atoms with Crippen LogP contribution in [0.25, 0.3) is 0 Å². The van der Waals surface area contributed by atoms with E-state index in [1.807, 2.05) is 12.1 Å². The molecule has 2 rings (SSSR count). The average Bonchev–Trinajstić information content (AvgIpc) is 2.76. The fraction of sp³-hybridized carbons (Fsp3) is 0.389. The molecule has 2 N–H and O–H groups in total. The molecule has 0 fully saturated rings. The third-order valence-corrected chi connectivity index (χ3v) is 3.88. The number of carbonyl (C=O) groups is 1. The summed E-state index contributed by atoms with van der Waals surface area (Å²) in [6.07, 6.45) is 2.17. The van der Waals surface area contributed by atoms with E-state index in [0.717, 1.165) is 5.56 Å². The Morgan fingerprint density at radius 1 is 1.18 bits per heavy atom. The largest absolute Gasteiger partial charge is 0.344 e. The van der Waals surface area contributed by atoms with Crippen molar-refractivity contribution in [1.29, 1.82) is 0 Å². The lowest BCUT2D eigenvalue weighted by Gasteiger charge is -2.34. The summed E-state index contributed by atoms with van der Waals surface area (Å²) >= 11 is 0. The van der Waals surface area contributed by atoms with Gasteiger partial charge in [-0.15, -0.1) is 0 Å². The number of aryl methyl sites for hydroxylation is 2. The van der Waals surface area contributed by atoms with E-state index in [-0.39, 0.29) is 11.5 Å². The van der Waals surface area contributed by atoms with Crippen molar-refractivity contribution in [3.63, 3.8) is 0 Å². The third kappa shape index (κ3) is 3.22. The monoisotopic (exact) mass is 300 g/mol. The third-order valence-electron chi connectivity index (χ3n) is 3.88. The standard InChI is InChI=1S/C18H24N2O2/c1-12-10-13(2)20(11-12)16(18(3,4)5)14-6-8-15(9-7-14)17(21)19-22/h6-11,16,22H,1-5H3,(H,19,21). The van der Waals surface area contributed by atoms with Crippen LogP contribution >= 0.6 is 0 Å². The molecule has 0 bridgehead atoms. The second-order valence-electron chi connectivity index (χ2n) is 6.90. The summed E-state index contributed by atoms with van der Waals surface area (Å²) in [5.41, 5.74) is 5.72. The number of aromatic nitrogens is 1. The van der Waals surface area contributed by atoms with Crippen molar-refractivity contribution >= 4 is 5.91 Å². The number of hydrogen-bond donors (Lipinski definition) is 2. The quantitative estimate of drug-likeness (QED) is 0.668. The predicted octanol–water partition coefficient (Wildman–Crippen LogP) is 3.86. The highest BCUT2D eigenvalue weighted by atomic mass is 16.5. The number of carbonyl (C=O) groups excluding carboxylic acids is 1. The lowest BCUT2D eigenvalue weighted by atomic mass is 9.81. The summed E-state index contributed by atoms with van der Waals surface area (Å²) in [7, 11) is 0. The maximum atomic E-state index is 11.5. The molecule has 4 heteroatoms. The van der Waals surface area contributed by atoms with Gasteiger partial charge >= 0.3 is 0 Å². The maximum absolute atomic E-state index is 11.5. The number of nitrogens with one attached hydrogen (secondary N) is 1. The molecule has 22 heavy (non-hydrogen) atoms. The fourth-order valence-corrected chi connectivity index (χ4v) is 3.00. The maximum Gasteiger partial charge on any atom is 0.274 e. The van der Waals surface area contributed by atoms with Crippen LogP contribution in [-0.4, -0.2) is 15.7 Å². The molecular formula is C18H24N2O2. The molecular weight excluding hydrogens is 276 g/mol. The van der Waals surface area contributed by atoms with Crippen molar-refractivity contribution in [2.45, 2.75) is 40.7 Å². The number of hydrogen-bond acceptors (Lipinski definition) is 2. The van der Waals surface area contributed by atoms with Crippen LogP contribution in [0.3, 0.4) is 0 Å². The van der Waals surface area contributed by atoms with Crippen LogP contribution in [-0.2, 0) is 0 Å². The summed E-state index contributed by atoms with van der Waals surface area (Å²) in [5.74, 6) is -0.494. The normalized spacial score (nSPS) is 13.0. The predicted molar refractivity (Wildman–Crippen MR) is 87.2 cm³/mol. The summed E-state index contributed by atoms with van der Waals surface area (Å²) in [6, 6.07) is 9.74. The molecule has 0 aliphatic heterocycles. The molecule has 0 spiro atoms. The molecule has 0 aliphatic carbocycles. The van der Waals surface area contributed by atoms with E-state index in [1.165, 1.54) is 11.3 Å². The van der Waals surface area contributed by atoms with Crippen molar-refractivity contribution in [3.05, 3.63) is 58.9 Å². The van der Waals surface area contributed by atoms with E-state index in [0.29, 0.717) is 5.56 Å². The van der Waals surface area contributed by atoms with Gasteiger partial charge in [0, 0.05) is 17.5 Å². The van der Waals surface area contributed by atoms with Gasteiger partial charge in [0.1, 0.15) is 0 Å². The van der Waals surface area contributed by atoms with Gasteiger partial charge in [0.25, 0.3) is 5.91 Å². The van der Waals surface area contributed by atoms with E-state index in [2.05, 4.69) is 51.4 Å². The number of rotatable bonds is 3. The molecule has 0 saturated heterocycles. The van der Waals surface area contributed by atoms with Gasteiger partial charge in [-0.3, -0.25) is 10.0 Å². The van der Waals surface area contributed by atoms with Crippen LogP contribution < -0.4 is 5.48 Å². The molecule has 1 aromatic heterocycles. The first-order chi connectivity index (χ1) is 10.2. The molecule has 0 saturated carbocycles. The fourth-order valence-electron chi connectivity index (χ4n) is 3.00. The van der Waals surface area contributed by atoms with Crippen molar-refractivity contribution in [3.8, 4) is 0 Å². The number of hydroxylamine groups is 1. The van der Waals surface area contributed by atoms with Gasteiger partial charge in [0.15, 0.2) is 0 Å². The zero-order chi connectivity index (χ0) is 16.5. The Morgan fingerprint density at radius 2 is 1.77 bits per heavy atom. The van der Waals surface area contributed by atoms with Gasteiger partial charge in [-0.05, 0) is 48.6 Å². The Kier molecular flexibility index (Phi) is 4.42. The number of amides is 1. The minimum absolute atomic E-state index is 0.0248. The van der Waals surface area contributed by atoms with Crippen molar-refractivity contribution < 1.29 is 10.0 Å². The van der Waals surface area contributed by atoms with Crippen LogP contribution in [0.5, 0.6) is 0 Å². The average molecular weight is 300 g/mol. The molecule has 4 nitrogen and oxygen atoms in total. The summed E-state index contributed by atoms with van der Waals surface area (Å²) in [5, 5.41) is 8.71. The van der Waals surface area contributed by atoms with E-state index in [4.69, 9.17) is 5.21 Å². The van der Waals surface area contributed by atoms with Crippen LogP contribution in [0.4, 0.5) is 0 Å². The first kappa shape index (κ1) is 16.3. The van der Waals surface area contributed by atoms with Crippen LogP contribution in [0, 0.1) is 19.3 Å². The smallest absolute Gasteiger partial charge is 0.274 e. The summed E-state index contributed by atoms with van der Waals surface area (Å²) in [4.78, 5) is 11.5. The Balaban J connectivity index is 2.47. The van der Waals surface area contributed by atoms with E-state index >= 15 is 0 Å². The second kappa shape index (κ2) is 5.97. The zero-order valence-corrected chi connectivity index (χ0v) is 13.8.